The van der Waals surface area contributed by atoms with Crippen molar-refractivity contribution >= 4 is 21.4 Å². The molecule has 0 radical (unpaired) electrons. The smallest absolute Gasteiger partial charge is 0.150 e. The van der Waals surface area contributed by atoms with Gasteiger partial charge in [-0.2, -0.15) is 0 Å². The van der Waals surface area contributed by atoms with E-state index in [0.717, 1.165) is 32.1 Å². The van der Waals surface area contributed by atoms with Crippen molar-refractivity contribution in [3.63, 3.8) is 0 Å². The Morgan fingerprint density at radius 3 is 2.47 bits per heavy atom. The standard InChI is InChI=1S/C13H23ClO2S/c1-13(7-6-11(14)9-13)10-4-3-5-12(8-10)17(2,15)16/h10-12H,3-9H2,1-2H3. The van der Waals surface area contributed by atoms with Crippen LogP contribution in [0.1, 0.15) is 51.9 Å². The fourth-order valence-electron chi connectivity index (χ4n) is 3.73. The van der Waals surface area contributed by atoms with Gasteiger partial charge in [0.2, 0.25) is 0 Å². The van der Waals surface area contributed by atoms with E-state index in [1.807, 2.05) is 0 Å². The largest absolute Gasteiger partial charge is 0.229 e. The minimum atomic E-state index is -2.86. The zero-order valence-electron chi connectivity index (χ0n) is 10.8. The van der Waals surface area contributed by atoms with Gasteiger partial charge in [-0.25, -0.2) is 8.42 Å². The second-order valence-corrected chi connectivity index (χ2v) is 9.25. The van der Waals surface area contributed by atoms with Crippen LogP contribution in [0.2, 0.25) is 0 Å². The molecule has 2 nitrogen and oxygen atoms in total. The van der Waals surface area contributed by atoms with Crippen molar-refractivity contribution in [1.82, 2.24) is 0 Å². The summed E-state index contributed by atoms with van der Waals surface area (Å²) in [6.07, 6.45) is 8.68. The van der Waals surface area contributed by atoms with Gasteiger partial charge in [0.15, 0.2) is 0 Å². The van der Waals surface area contributed by atoms with Crippen LogP contribution in [0.4, 0.5) is 0 Å². The molecule has 0 bridgehead atoms. The molecule has 2 fully saturated rings. The van der Waals surface area contributed by atoms with Crippen LogP contribution >= 0.6 is 11.6 Å². The molecule has 0 spiro atoms. The van der Waals surface area contributed by atoms with Crippen LogP contribution in [0.3, 0.4) is 0 Å². The molecule has 2 rings (SSSR count). The highest BCUT2D eigenvalue weighted by Crippen LogP contribution is 2.51. The van der Waals surface area contributed by atoms with Crippen LogP contribution in [0.25, 0.3) is 0 Å². The molecule has 0 aromatic carbocycles. The van der Waals surface area contributed by atoms with Gasteiger partial charge >= 0.3 is 0 Å². The Hall–Kier alpha value is 0.240. The second-order valence-electron chi connectivity index (χ2n) is 6.31. The first-order valence-corrected chi connectivity index (χ1v) is 9.03. The summed E-state index contributed by atoms with van der Waals surface area (Å²) >= 11 is 6.22. The maximum atomic E-state index is 11.7. The monoisotopic (exact) mass is 278 g/mol. The molecule has 2 aliphatic rings. The lowest BCUT2D eigenvalue weighted by Gasteiger charge is -2.39. The summed E-state index contributed by atoms with van der Waals surface area (Å²) in [6, 6.07) is 0. The molecule has 4 heteroatoms. The van der Waals surface area contributed by atoms with Crippen molar-refractivity contribution in [2.45, 2.75) is 62.5 Å². The first-order chi connectivity index (χ1) is 7.81. The molecule has 4 atom stereocenters. The molecule has 2 saturated carbocycles. The van der Waals surface area contributed by atoms with Crippen molar-refractivity contribution < 1.29 is 8.42 Å². The van der Waals surface area contributed by atoms with Gasteiger partial charge in [0, 0.05) is 11.6 Å². The van der Waals surface area contributed by atoms with E-state index < -0.39 is 9.84 Å². The molecule has 0 amide bonds. The van der Waals surface area contributed by atoms with Crippen molar-refractivity contribution in [2.24, 2.45) is 11.3 Å². The molecule has 0 aliphatic heterocycles. The van der Waals surface area contributed by atoms with Gasteiger partial charge in [0.1, 0.15) is 9.84 Å². The zero-order valence-corrected chi connectivity index (χ0v) is 12.4. The Kier molecular flexibility index (Phi) is 3.80. The molecule has 0 saturated heterocycles. The number of sulfone groups is 1. The number of alkyl halides is 1. The lowest BCUT2D eigenvalue weighted by molar-refractivity contribution is 0.145. The minimum Gasteiger partial charge on any atom is -0.229 e. The van der Waals surface area contributed by atoms with Crippen molar-refractivity contribution in [3.8, 4) is 0 Å². The van der Waals surface area contributed by atoms with Gasteiger partial charge < -0.3 is 0 Å². The number of hydrogen-bond donors (Lipinski definition) is 0. The highest BCUT2D eigenvalue weighted by atomic mass is 35.5. The maximum absolute atomic E-state index is 11.7. The lowest BCUT2D eigenvalue weighted by Crippen LogP contribution is -2.35. The first kappa shape index (κ1) is 13.7. The molecule has 4 unspecified atom stereocenters. The van der Waals surface area contributed by atoms with Gasteiger partial charge in [-0.05, 0) is 49.9 Å². The van der Waals surface area contributed by atoms with E-state index in [1.165, 1.54) is 19.1 Å². The van der Waals surface area contributed by atoms with E-state index in [2.05, 4.69) is 6.92 Å². The summed E-state index contributed by atoms with van der Waals surface area (Å²) in [5, 5.41) is 0.200. The Labute approximate surface area is 110 Å². The molecule has 0 aromatic rings. The Morgan fingerprint density at radius 1 is 1.24 bits per heavy atom. The van der Waals surface area contributed by atoms with E-state index in [4.69, 9.17) is 11.6 Å². The molecule has 2 aliphatic carbocycles. The summed E-state index contributed by atoms with van der Waals surface area (Å²) in [5.41, 5.74) is 0.287. The van der Waals surface area contributed by atoms with Gasteiger partial charge in [0.25, 0.3) is 0 Å². The fourth-order valence-corrected chi connectivity index (χ4v) is 5.37. The minimum absolute atomic E-state index is 0.104. The normalized spacial score (nSPS) is 43.8. The average Bonchev–Trinajstić information content (AvgIpc) is 2.59. The second kappa shape index (κ2) is 4.73. The summed E-state index contributed by atoms with van der Waals surface area (Å²) in [4.78, 5) is 0. The van der Waals surface area contributed by atoms with Crippen LogP contribution in [-0.2, 0) is 9.84 Å². The third kappa shape index (κ3) is 2.98. The third-order valence-electron chi connectivity index (χ3n) is 4.93. The summed E-state index contributed by atoms with van der Waals surface area (Å²) in [6.45, 7) is 2.31. The summed E-state index contributed by atoms with van der Waals surface area (Å²) < 4.78 is 23.4. The predicted octanol–water partition coefficient (Wildman–Crippen LogP) is 3.39. The van der Waals surface area contributed by atoms with Gasteiger partial charge in [-0.15, -0.1) is 11.6 Å². The van der Waals surface area contributed by atoms with E-state index in [0.29, 0.717) is 11.3 Å². The molecule has 17 heavy (non-hydrogen) atoms. The zero-order chi connectivity index (χ0) is 12.7. The van der Waals surface area contributed by atoms with E-state index >= 15 is 0 Å². The highest BCUT2D eigenvalue weighted by Gasteiger charge is 2.43. The topological polar surface area (TPSA) is 34.1 Å². The summed E-state index contributed by atoms with van der Waals surface area (Å²) in [5.74, 6) is 0.555. The summed E-state index contributed by atoms with van der Waals surface area (Å²) in [7, 11) is -2.86. The Bertz CT molecular complexity index is 379. The molecule has 100 valence electrons. The van der Waals surface area contributed by atoms with Crippen molar-refractivity contribution in [2.75, 3.05) is 6.26 Å². The Morgan fingerprint density at radius 2 is 1.94 bits per heavy atom. The van der Waals surface area contributed by atoms with Crippen LogP contribution in [-0.4, -0.2) is 25.3 Å². The average molecular weight is 279 g/mol. The number of rotatable bonds is 2. The maximum Gasteiger partial charge on any atom is 0.150 e. The fraction of sp³-hybridized carbons (Fsp3) is 1.00. The third-order valence-corrected chi connectivity index (χ3v) is 6.95. The van der Waals surface area contributed by atoms with Crippen LogP contribution < -0.4 is 0 Å². The molecular formula is C13H23ClO2S. The SMILES string of the molecule is CC1(C2CCCC(S(C)(=O)=O)C2)CCC(Cl)C1. The molecule has 0 N–H and O–H groups in total. The van der Waals surface area contributed by atoms with Crippen LogP contribution in [0, 0.1) is 11.3 Å². The van der Waals surface area contributed by atoms with Gasteiger partial charge in [0.05, 0.1) is 5.25 Å². The lowest BCUT2D eigenvalue weighted by atomic mass is 9.69. The van der Waals surface area contributed by atoms with Gasteiger partial charge in [-0.3, -0.25) is 0 Å². The van der Waals surface area contributed by atoms with E-state index in [1.54, 1.807) is 0 Å². The van der Waals surface area contributed by atoms with Crippen LogP contribution in [0.15, 0.2) is 0 Å². The van der Waals surface area contributed by atoms with Crippen molar-refractivity contribution in [1.29, 1.82) is 0 Å². The predicted molar refractivity (Wildman–Crippen MR) is 72.2 cm³/mol. The Balaban J connectivity index is 2.07. The van der Waals surface area contributed by atoms with E-state index in [-0.39, 0.29) is 10.7 Å². The number of hydrogen-bond acceptors (Lipinski definition) is 2. The molecule has 0 heterocycles. The quantitative estimate of drug-likeness (QED) is 0.726. The molecular weight excluding hydrogens is 256 g/mol. The van der Waals surface area contributed by atoms with Crippen molar-refractivity contribution in [3.05, 3.63) is 0 Å². The van der Waals surface area contributed by atoms with Gasteiger partial charge in [-0.1, -0.05) is 13.3 Å². The van der Waals surface area contributed by atoms with E-state index in [9.17, 15) is 8.42 Å². The van der Waals surface area contributed by atoms with Crippen LogP contribution in [0.5, 0.6) is 0 Å². The first-order valence-electron chi connectivity index (χ1n) is 6.64. The highest BCUT2D eigenvalue weighted by molar-refractivity contribution is 7.91. The number of halogens is 1. The molecule has 0 aromatic heterocycles.